The number of rotatable bonds is 6. The standard InChI is InChI=1S/C25H16Cl2N4O3S2/c26-17-9-8-16(18(27)11-17)13-35-25-30-29-24(36-25)31-20(15-7-4-10-28-12-15)19(22(33)23(31)34)21(32)14-5-2-1-3-6-14/h1-12,20,32H,13H2/b21-19-. The van der Waals surface area contributed by atoms with Crippen molar-refractivity contribution in [3.8, 4) is 0 Å². The van der Waals surface area contributed by atoms with Gasteiger partial charge >= 0.3 is 5.91 Å². The van der Waals surface area contributed by atoms with E-state index in [4.69, 9.17) is 23.2 Å². The van der Waals surface area contributed by atoms with Crippen LogP contribution in [-0.2, 0) is 15.3 Å². The molecule has 3 heterocycles. The predicted octanol–water partition coefficient (Wildman–Crippen LogP) is 6.16. The zero-order valence-corrected chi connectivity index (χ0v) is 21.5. The van der Waals surface area contributed by atoms with Crippen LogP contribution < -0.4 is 4.90 Å². The fourth-order valence-electron chi connectivity index (χ4n) is 3.77. The Kier molecular flexibility index (Phi) is 7.06. The first-order valence-corrected chi connectivity index (χ1v) is 13.2. The quantitative estimate of drug-likeness (QED) is 0.100. The number of anilines is 1. The van der Waals surface area contributed by atoms with E-state index in [1.54, 1.807) is 67.0 Å². The highest BCUT2D eigenvalue weighted by Gasteiger charge is 2.48. The van der Waals surface area contributed by atoms with Crippen LogP contribution in [0.2, 0.25) is 10.0 Å². The summed E-state index contributed by atoms with van der Waals surface area (Å²) in [7, 11) is 0. The van der Waals surface area contributed by atoms with Crippen molar-refractivity contribution in [2.45, 2.75) is 16.1 Å². The van der Waals surface area contributed by atoms with Gasteiger partial charge in [0.05, 0.1) is 11.6 Å². The van der Waals surface area contributed by atoms with E-state index in [0.717, 1.165) is 5.56 Å². The lowest BCUT2D eigenvalue weighted by Crippen LogP contribution is -2.29. The normalized spacial score (nSPS) is 17.1. The molecule has 1 aliphatic heterocycles. The number of thioether (sulfide) groups is 1. The Morgan fingerprint density at radius 2 is 1.86 bits per heavy atom. The van der Waals surface area contributed by atoms with Gasteiger partial charge in [0.15, 0.2) is 4.34 Å². The topological polar surface area (TPSA) is 96.3 Å². The van der Waals surface area contributed by atoms with E-state index in [2.05, 4.69) is 15.2 Å². The molecule has 1 amide bonds. The van der Waals surface area contributed by atoms with Crippen molar-refractivity contribution in [2.24, 2.45) is 0 Å². The highest BCUT2D eigenvalue weighted by atomic mass is 35.5. The van der Waals surface area contributed by atoms with Crippen LogP contribution in [0.25, 0.3) is 5.76 Å². The van der Waals surface area contributed by atoms with Crippen LogP contribution in [0.4, 0.5) is 5.13 Å². The first-order valence-electron chi connectivity index (χ1n) is 10.6. The summed E-state index contributed by atoms with van der Waals surface area (Å²) in [5.41, 5.74) is 1.84. The monoisotopic (exact) mass is 554 g/mol. The summed E-state index contributed by atoms with van der Waals surface area (Å²) in [5.74, 6) is -1.34. The molecule has 7 nitrogen and oxygen atoms in total. The Morgan fingerprint density at radius 1 is 1.06 bits per heavy atom. The predicted molar refractivity (Wildman–Crippen MR) is 141 cm³/mol. The molecular formula is C25H16Cl2N4O3S2. The third-order valence-corrected chi connectivity index (χ3v) is 8.15. The maximum atomic E-state index is 13.2. The van der Waals surface area contributed by atoms with Gasteiger partial charge in [0, 0.05) is 33.8 Å². The number of amides is 1. The third kappa shape index (κ3) is 4.75. The van der Waals surface area contributed by atoms with Gasteiger partial charge in [-0.1, -0.05) is 88.8 Å². The van der Waals surface area contributed by atoms with E-state index in [-0.39, 0.29) is 16.5 Å². The molecule has 0 spiro atoms. The average molecular weight is 555 g/mol. The van der Waals surface area contributed by atoms with E-state index >= 15 is 0 Å². The molecular weight excluding hydrogens is 539 g/mol. The summed E-state index contributed by atoms with van der Waals surface area (Å²) in [5, 5.41) is 20.8. The largest absolute Gasteiger partial charge is 0.507 e. The number of carbonyl (C=O) groups is 2. The second-order valence-corrected chi connectivity index (χ2v) is 10.7. The molecule has 1 saturated heterocycles. The second-order valence-electron chi connectivity index (χ2n) is 7.70. The van der Waals surface area contributed by atoms with E-state index < -0.39 is 17.7 Å². The summed E-state index contributed by atoms with van der Waals surface area (Å²) in [4.78, 5) is 31.8. The van der Waals surface area contributed by atoms with E-state index in [9.17, 15) is 14.7 Å². The van der Waals surface area contributed by atoms with Crippen LogP contribution >= 0.6 is 46.3 Å². The second kappa shape index (κ2) is 10.4. The maximum absolute atomic E-state index is 13.2. The SMILES string of the molecule is O=C1C(=O)N(c2nnc(SCc3ccc(Cl)cc3Cl)s2)C(c2cccnc2)/C1=C(/O)c1ccccc1. The third-order valence-electron chi connectivity index (χ3n) is 5.46. The molecule has 180 valence electrons. The molecule has 11 heteroatoms. The van der Waals surface area contributed by atoms with Crippen molar-refractivity contribution in [3.63, 3.8) is 0 Å². The number of hydrogen-bond donors (Lipinski definition) is 1. The first kappa shape index (κ1) is 24.5. The number of aliphatic hydroxyl groups excluding tert-OH is 1. The van der Waals surface area contributed by atoms with Gasteiger partial charge in [-0.25, -0.2) is 0 Å². The Labute approximate surface area is 224 Å². The number of hydrogen-bond acceptors (Lipinski definition) is 8. The molecule has 1 N–H and O–H groups in total. The summed E-state index contributed by atoms with van der Waals surface area (Å²) in [6, 6.07) is 16.4. The van der Waals surface area contributed by atoms with Crippen molar-refractivity contribution >= 4 is 68.9 Å². The number of benzene rings is 2. The highest BCUT2D eigenvalue weighted by molar-refractivity contribution is 8.00. The summed E-state index contributed by atoms with van der Waals surface area (Å²) >= 11 is 14.8. The van der Waals surface area contributed by atoms with Gasteiger partial charge in [0.25, 0.3) is 5.78 Å². The Hall–Kier alpha value is -3.24. The van der Waals surface area contributed by atoms with E-state index in [1.165, 1.54) is 28.0 Å². The van der Waals surface area contributed by atoms with Crippen LogP contribution in [0, 0.1) is 0 Å². The van der Waals surface area contributed by atoms with Crippen molar-refractivity contribution in [2.75, 3.05) is 4.90 Å². The average Bonchev–Trinajstić information content (AvgIpc) is 3.46. The number of pyridine rings is 1. The first-order chi connectivity index (χ1) is 17.4. The minimum atomic E-state index is -0.907. The van der Waals surface area contributed by atoms with Crippen LogP contribution in [0.3, 0.4) is 0 Å². The summed E-state index contributed by atoms with van der Waals surface area (Å²) < 4.78 is 0.589. The lowest BCUT2D eigenvalue weighted by Gasteiger charge is -2.22. The number of halogens is 2. The molecule has 1 atom stereocenters. The number of nitrogens with zero attached hydrogens (tertiary/aromatic N) is 4. The Bertz CT molecular complexity index is 1480. The highest BCUT2D eigenvalue weighted by Crippen LogP contribution is 2.44. The lowest BCUT2D eigenvalue weighted by molar-refractivity contribution is -0.132. The molecule has 0 radical (unpaired) electrons. The zero-order chi connectivity index (χ0) is 25.2. The van der Waals surface area contributed by atoms with E-state index in [1.807, 2.05) is 6.07 Å². The number of aliphatic hydroxyl groups is 1. The molecule has 1 unspecified atom stereocenters. The van der Waals surface area contributed by atoms with Gasteiger partial charge in [-0.2, -0.15) is 0 Å². The molecule has 2 aromatic carbocycles. The van der Waals surface area contributed by atoms with Gasteiger partial charge in [-0.3, -0.25) is 19.5 Å². The Balaban J connectivity index is 1.51. The number of Topliss-reactive ketones (excluding diaryl/α,β-unsaturated/α-hetero) is 1. The maximum Gasteiger partial charge on any atom is 0.301 e. The minimum absolute atomic E-state index is 0.0310. The summed E-state index contributed by atoms with van der Waals surface area (Å²) in [6.07, 6.45) is 3.15. The molecule has 0 bridgehead atoms. The van der Waals surface area contributed by atoms with Crippen molar-refractivity contribution in [1.82, 2.24) is 15.2 Å². The molecule has 2 aromatic heterocycles. The van der Waals surface area contributed by atoms with Gasteiger partial charge in [-0.15, -0.1) is 10.2 Å². The van der Waals surface area contributed by atoms with Crippen LogP contribution in [0.5, 0.6) is 0 Å². The van der Waals surface area contributed by atoms with Gasteiger partial charge in [-0.05, 0) is 29.3 Å². The smallest absolute Gasteiger partial charge is 0.301 e. The molecule has 5 rings (SSSR count). The fraction of sp³-hybridized carbons (Fsp3) is 0.0800. The lowest BCUT2D eigenvalue weighted by atomic mass is 9.96. The fourth-order valence-corrected chi connectivity index (χ4v) is 6.20. The summed E-state index contributed by atoms with van der Waals surface area (Å²) in [6.45, 7) is 0. The Morgan fingerprint density at radius 3 is 2.58 bits per heavy atom. The van der Waals surface area contributed by atoms with Crippen LogP contribution in [0.1, 0.15) is 22.7 Å². The minimum Gasteiger partial charge on any atom is -0.507 e. The number of ketones is 1. The number of carbonyl (C=O) groups excluding carboxylic acids is 2. The van der Waals surface area contributed by atoms with Crippen molar-refractivity contribution < 1.29 is 14.7 Å². The number of aromatic nitrogens is 3. The molecule has 36 heavy (non-hydrogen) atoms. The molecule has 1 fully saturated rings. The molecule has 1 aliphatic rings. The van der Waals surface area contributed by atoms with Crippen LogP contribution in [0.15, 0.2) is 83.0 Å². The molecule has 0 saturated carbocycles. The van der Waals surface area contributed by atoms with Gasteiger partial charge in [0.1, 0.15) is 5.76 Å². The zero-order valence-electron chi connectivity index (χ0n) is 18.3. The van der Waals surface area contributed by atoms with Gasteiger partial charge < -0.3 is 5.11 Å². The molecule has 4 aromatic rings. The van der Waals surface area contributed by atoms with Crippen LogP contribution in [-0.4, -0.2) is 32.0 Å². The van der Waals surface area contributed by atoms with E-state index in [0.29, 0.717) is 31.3 Å². The van der Waals surface area contributed by atoms with Crippen molar-refractivity contribution in [3.05, 3.63) is 105 Å². The van der Waals surface area contributed by atoms with Gasteiger partial charge in [0.2, 0.25) is 5.13 Å². The van der Waals surface area contributed by atoms with Crippen molar-refractivity contribution in [1.29, 1.82) is 0 Å². The molecule has 0 aliphatic carbocycles.